The number of benzene rings is 2. The second-order valence-corrected chi connectivity index (χ2v) is 8.12. The predicted octanol–water partition coefficient (Wildman–Crippen LogP) is 4.96. The lowest BCUT2D eigenvalue weighted by Gasteiger charge is -2.27. The summed E-state index contributed by atoms with van der Waals surface area (Å²) < 4.78 is 73.2. The summed E-state index contributed by atoms with van der Waals surface area (Å²) in [6, 6.07) is 5.87. The molecule has 0 saturated heterocycles. The van der Waals surface area contributed by atoms with Crippen LogP contribution in [0.25, 0.3) is 0 Å². The van der Waals surface area contributed by atoms with E-state index in [1.807, 2.05) is 0 Å². The summed E-state index contributed by atoms with van der Waals surface area (Å²) in [5, 5.41) is 2.38. The Kier molecular flexibility index (Phi) is 7.89. The molecule has 1 unspecified atom stereocenters. The van der Waals surface area contributed by atoms with Crippen LogP contribution >= 0.6 is 0 Å². The molecule has 0 radical (unpaired) electrons. The summed E-state index contributed by atoms with van der Waals surface area (Å²) in [5.41, 5.74) is -0.580. The van der Waals surface area contributed by atoms with Gasteiger partial charge in [-0.25, -0.2) is 13.6 Å². The molecule has 0 aromatic heterocycles. The number of ether oxygens (including phenoxy) is 2. The Morgan fingerprint density at radius 2 is 1.55 bits per heavy atom. The SMILES string of the molecule is CN(C(=O)C(Cc1cc(F)cc(F)c1)NC(=O)OC(C)(C)C)c1ccc(OC(F)(F)F)cc1. The molecule has 1 N–H and O–H groups in total. The highest BCUT2D eigenvalue weighted by atomic mass is 19.4. The number of alkyl carbamates (subject to hydrolysis) is 1. The number of nitrogens with one attached hydrogen (secondary N) is 1. The number of halogens is 5. The van der Waals surface area contributed by atoms with E-state index in [-0.39, 0.29) is 17.7 Å². The number of nitrogens with zero attached hydrogens (tertiary/aromatic N) is 1. The molecule has 2 rings (SSSR count). The van der Waals surface area contributed by atoms with Crippen molar-refractivity contribution in [2.24, 2.45) is 0 Å². The van der Waals surface area contributed by atoms with E-state index in [1.165, 1.54) is 19.2 Å². The molecule has 180 valence electrons. The van der Waals surface area contributed by atoms with Gasteiger partial charge < -0.3 is 19.7 Å². The fourth-order valence-corrected chi connectivity index (χ4v) is 2.85. The Morgan fingerprint density at radius 3 is 2.03 bits per heavy atom. The molecule has 0 bridgehead atoms. The zero-order valence-corrected chi connectivity index (χ0v) is 18.3. The van der Waals surface area contributed by atoms with Gasteiger partial charge in [-0.05, 0) is 62.7 Å². The van der Waals surface area contributed by atoms with E-state index in [1.54, 1.807) is 20.8 Å². The molecule has 1 atom stereocenters. The van der Waals surface area contributed by atoms with E-state index in [0.717, 1.165) is 29.2 Å². The lowest BCUT2D eigenvalue weighted by molar-refractivity contribution is -0.274. The van der Waals surface area contributed by atoms with Crippen molar-refractivity contribution in [3.8, 4) is 5.75 Å². The molecule has 0 aliphatic rings. The van der Waals surface area contributed by atoms with E-state index >= 15 is 0 Å². The molecule has 2 aromatic rings. The van der Waals surface area contributed by atoms with Crippen molar-refractivity contribution in [3.63, 3.8) is 0 Å². The van der Waals surface area contributed by atoms with Gasteiger partial charge in [0.15, 0.2) is 0 Å². The number of carbonyl (C=O) groups is 2. The summed E-state index contributed by atoms with van der Waals surface area (Å²) in [4.78, 5) is 26.4. The number of hydrogen-bond acceptors (Lipinski definition) is 4. The smallest absolute Gasteiger partial charge is 0.444 e. The Labute approximate surface area is 187 Å². The highest BCUT2D eigenvalue weighted by Gasteiger charge is 2.31. The maximum atomic E-state index is 13.6. The Balaban J connectivity index is 2.26. The monoisotopic (exact) mass is 474 g/mol. The van der Waals surface area contributed by atoms with Gasteiger partial charge in [0.25, 0.3) is 0 Å². The van der Waals surface area contributed by atoms with Gasteiger partial charge in [0.05, 0.1) is 0 Å². The van der Waals surface area contributed by atoms with Crippen LogP contribution in [0.5, 0.6) is 5.75 Å². The van der Waals surface area contributed by atoms with Crippen LogP contribution in [-0.2, 0) is 16.0 Å². The predicted molar refractivity (Wildman–Crippen MR) is 110 cm³/mol. The minimum Gasteiger partial charge on any atom is -0.444 e. The van der Waals surface area contributed by atoms with Gasteiger partial charge in [0.1, 0.15) is 29.0 Å². The van der Waals surface area contributed by atoms with Crippen LogP contribution in [0.3, 0.4) is 0 Å². The molecule has 33 heavy (non-hydrogen) atoms. The molecule has 2 amide bonds. The standard InChI is InChI=1S/C22H23F5N2O4/c1-21(2,3)33-20(31)28-18(11-13-9-14(23)12-15(24)10-13)19(30)29(4)16-5-7-17(8-6-16)32-22(25,26)27/h5-10,12,18H,11H2,1-4H3,(H,28,31). The number of amides is 2. The third-order valence-corrected chi connectivity index (χ3v) is 4.14. The van der Waals surface area contributed by atoms with Crippen LogP contribution in [0.4, 0.5) is 32.4 Å². The molecular weight excluding hydrogens is 451 g/mol. The number of likely N-dealkylation sites (N-methyl/N-ethyl adjacent to an activating group) is 1. The highest BCUT2D eigenvalue weighted by Crippen LogP contribution is 2.25. The molecular formula is C22H23F5N2O4. The van der Waals surface area contributed by atoms with Crippen molar-refractivity contribution in [2.75, 3.05) is 11.9 Å². The fraction of sp³-hybridized carbons (Fsp3) is 0.364. The van der Waals surface area contributed by atoms with Crippen LogP contribution in [0.15, 0.2) is 42.5 Å². The van der Waals surface area contributed by atoms with Gasteiger partial charge in [-0.2, -0.15) is 0 Å². The van der Waals surface area contributed by atoms with E-state index in [4.69, 9.17) is 4.74 Å². The van der Waals surface area contributed by atoms with Crippen LogP contribution in [0.1, 0.15) is 26.3 Å². The second kappa shape index (κ2) is 10.1. The first kappa shape index (κ1) is 25.9. The average molecular weight is 474 g/mol. The van der Waals surface area contributed by atoms with Gasteiger partial charge >= 0.3 is 12.5 Å². The van der Waals surface area contributed by atoms with Crippen molar-refractivity contribution < 1.29 is 41.0 Å². The molecule has 0 aliphatic carbocycles. The van der Waals surface area contributed by atoms with Crippen LogP contribution in [-0.4, -0.2) is 37.1 Å². The fourth-order valence-electron chi connectivity index (χ4n) is 2.85. The van der Waals surface area contributed by atoms with Gasteiger partial charge in [0, 0.05) is 25.2 Å². The average Bonchev–Trinajstić information content (AvgIpc) is 2.63. The number of rotatable bonds is 6. The first-order valence-corrected chi connectivity index (χ1v) is 9.71. The lowest BCUT2D eigenvalue weighted by Crippen LogP contribution is -2.50. The normalized spacial score (nSPS) is 12.6. The summed E-state index contributed by atoms with van der Waals surface area (Å²) >= 11 is 0. The first-order chi connectivity index (χ1) is 15.1. The molecule has 0 spiro atoms. The molecule has 11 heteroatoms. The van der Waals surface area contributed by atoms with Crippen LogP contribution < -0.4 is 15.0 Å². The molecule has 0 fully saturated rings. The third-order valence-electron chi connectivity index (χ3n) is 4.14. The van der Waals surface area contributed by atoms with Gasteiger partial charge in [0.2, 0.25) is 5.91 Å². The second-order valence-electron chi connectivity index (χ2n) is 8.12. The van der Waals surface area contributed by atoms with Crippen molar-refractivity contribution in [2.45, 2.75) is 45.2 Å². The van der Waals surface area contributed by atoms with E-state index in [9.17, 15) is 31.5 Å². The first-order valence-electron chi connectivity index (χ1n) is 9.71. The Bertz CT molecular complexity index is 968. The summed E-state index contributed by atoms with van der Waals surface area (Å²) in [7, 11) is 1.33. The number of carbonyl (C=O) groups excluding carboxylic acids is 2. The Hall–Kier alpha value is -3.37. The summed E-state index contributed by atoms with van der Waals surface area (Å²) in [5.74, 6) is -2.90. The molecule has 2 aromatic carbocycles. The zero-order chi connectivity index (χ0) is 25.0. The maximum absolute atomic E-state index is 13.6. The molecule has 6 nitrogen and oxygen atoms in total. The molecule has 0 aliphatic heterocycles. The van der Waals surface area contributed by atoms with Gasteiger partial charge in [-0.3, -0.25) is 4.79 Å². The minimum absolute atomic E-state index is 0.101. The van der Waals surface area contributed by atoms with Crippen LogP contribution in [0, 0.1) is 11.6 Å². The maximum Gasteiger partial charge on any atom is 0.573 e. The highest BCUT2D eigenvalue weighted by molar-refractivity contribution is 5.98. The van der Waals surface area contributed by atoms with Crippen molar-refractivity contribution in [1.29, 1.82) is 0 Å². The topological polar surface area (TPSA) is 67.9 Å². The number of alkyl halides is 3. The number of hydrogen-bond donors (Lipinski definition) is 1. The van der Waals surface area contributed by atoms with Gasteiger partial charge in [-0.1, -0.05) is 0 Å². The van der Waals surface area contributed by atoms with E-state index < -0.39 is 47.4 Å². The van der Waals surface area contributed by atoms with Crippen LogP contribution in [0.2, 0.25) is 0 Å². The quantitative estimate of drug-likeness (QED) is 0.601. The third kappa shape index (κ3) is 8.59. The zero-order valence-electron chi connectivity index (χ0n) is 18.3. The Morgan fingerprint density at radius 1 is 1.00 bits per heavy atom. The van der Waals surface area contributed by atoms with Crippen molar-refractivity contribution >= 4 is 17.7 Å². The van der Waals surface area contributed by atoms with Gasteiger partial charge in [-0.15, -0.1) is 13.2 Å². The van der Waals surface area contributed by atoms with E-state index in [0.29, 0.717) is 6.07 Å². The minimum atomic E-state index is -4.87. The summed E-state index contributed by atoms with van der Waals surface area (Å²) in [6.07, 6.45) is -6.07. The summed E-state index contributed by atoms with van der Waals surface area (Å²) in [6.45, 7) is 4.84. The molecule has 0 heterocycles. The molecule has 0 saturated carbocycles. The largest absolute Gasteiger partial charge is 0.573 e. The lowest BCUT2D eigenvalue weighted by atomic mass is 10.0. The van der Waals surface area contributed by atoms with Crippen molar-refractivity contribution in [1.82, 2.24) is 5.32 Å². The van der Waals surface area contributed by atoms with Crippen molar-refractivity contribution in [3.05, 3.63) is 59.7 Å². The van der Waals surface area contributed by atoms with E-state index in [2.05, 4.69) is 10.1 Å². The number of anilines is 1.